The highest BCUT2D eigenvalue weighted by Gasteiger charge is 2.03. The van der Waals surface area contributed by atoms with Gasteiger partial charge in [0, 0.05) is 36.8 Å². The largest absolute Gasteiger partial charge is 0.373 e. The van der Waals surface area contributed by atoms with Crippen LogP contribution in [0.3, 0.4) is 0 Å². The molecule has 1 N–H and O–H groups in total. The number of aryl methyl sites for hydroxylation is 1. The van der Waals surface area contributed by atoms with Gasteiger partial charge >= 0.3 is 0 Å². The van der Waals surface area contributed by atoms with Crippen LogP contribution < -0.4 is 5.32 Å². The molecule has 0 amide bonds. The average Bonchev–Trinajstić information content (AvgIpc) is 2.29. The van der Waals surface area contributed by atoms with Crippen molar-refractivity contribution in [3.05, 3.63) is 36.3 Å². The van der Waals surface area contributed by atoms with Crippen molar-refractivity contribution < 1.29 is 0 Å². The molecule has 0 aliphatic heterocycles. The first-order valence-electron chi connectivity index (χ1n) is 4.73. The molecule has 76 valence electrons. The molecule has 0 fully saturated rings. The van der Waals surface area contributed by atoms with Gasteiger partial charge in [0.05, 0.1) is 0 Å². The van der Waals surface area contributed by atoms with E-state index in [1.165, 1.54) is 0 Å². The lowest BCUT2D eigenvalue weighted by Crippen LogP contribution is -1.98. The normalized spacial score (nSPS) is 10.0. The molecule has 0 unspecified atom stereocenters. The summed E-state index contributed by atoms with van der Waals surface area (Å²) >= 11 is 0. The molecule has 0 saturated carbocycles. The minimum Gasteiger partial charge on any atom is -0.373 e. The Labute approximate surface area is 88.4 Å². The molecule has 0 spiro atoms. The van der Waals surface area contributed by atoms with E-state index in [-0.39, 0.29) is 0 Å². The second kappa shape index (κ2) is 4.04. The van der Waals surface area contributed by atoms with E-state index in [2.05, 4.69) is 20.3 Å². The molecule has 0 radical (unpaired) electrons. The van der Waals surface area contributed by atoms with Crippen LogP contribution >= 0.6 is 0 Å². The Morgan fingerprint density at radius 3 is 2.80 bits per heavy atom. The highest BCUT2D eigenvalue weighted by molar-refractivity contribution is 5.55. The van der Waals surface area contributed by atoms with Gasteiger partial charge in [0.2, 0.25) is 0 Å². The third kappa shape index (κ3) is 2.10. The number of hydrogen-bond acceptors (Lipinski definition) is 4. The third-order valence-corrected chi connectivity index (χ3v) is 2.03. The third-order valence-electron chi connectivity index (χ3n) is 2.03. The predicted molar refractivity (Wildman–Crippen MR) is 59.5 cm³/mol. The van der Waals surface area contributed by atoms with Crippen molar-refractivity contribution in [2.75, 3.05) is 12.4 Å². The van der Waals surface area contributed by atoms with Gasteiger partial charge in [0.1, 0.15) is 5.82 Å². The quantitative estimate of drug-likeness (QED) is 0.804. The zero-order valence-corrected chi connectivity index (χ0v) is 8.73. The molecule has 4 heteroatoms. The van der Waals surface area contributed by atoms with Crippen molar-refractivity contribution in [3.63, 3.8) is 0 Å². The standard InChI is InChI=1S/C11H12N4/c1-8-6-10(12-2)15-11(14-8)9-4-3-5-13-7-9/h3-7H,1-2H3,(H,12,14,15). The van der Waals surface area contributed by atoms with Crippen molar-refractivity contribution in [2.45, 2.75) is 6.92 Å². The summed E-state index contributed by atoms with van der Waals surface area (Å²) in [5.74, 6) is 1.52. The minimum absolute atomic E-state index is 0.701. The van der Waals surface area contributed by atoms with Crippen LogP contribution in [0, 0.1) is 6.92 Å². The van der Waals surface area contributed by atoms with Gasteiger partial charge in [-0.3, -0.25) is 4.98 Å². The Morgan fingerprint density at radius 2 is 2.13 bits per heavy atom. The van der Waals surface area contributed by atoms with Gasteiger partial charge in [0.15, 0.2) is 5.82 Å². The fraction of sp³-hybridized carbons (Fsp3) is 0.182. The minimum atomic E-state index is 0.701. The Kier molecular flexibility index (Phi) is 2.58. The van der Waals surface area contributed by atoms with Crippen molar-refractivity contribution in [1.29, 1.82) is 0 Å². The number of aromatic nitrogens is 3. The molecule has 2 aromatic heterocycles. The van der Waals surface area contributed by atoms with E-state index >= 15 is 0 Å². The monoisotopic (exact) mass is 200 g/mol. The number of pyridine rings is 1. The smallest absolute Gasteiger partial charge is 0.163 e. The summed E-state index contributed by atoms with van der Waals surface area (Å²) in [4.78, 5) is 12.8. The molecular weight excluding hydrogens is 188 g/mol. The molecular formula is C11H12N4. The Hall–Kier alpha value is -1.97. The van der Waals surface area contributed by atoms with Gasteiger partial charge < -0.3 is 5.32 Å². The highest BCUT2D eigenvalue weighted by Crippen LogP contribution is 2.15. The summed E-state index contributed by atoms with van der Waals surface area (Å²) in [5.41, 5.74) is 1.87. The molecule has 0 saturated heterocycles. The lowest BCUT2D eigenvalue weighted by molar-refractivity contribution is 1.10. The van der Waals surface area contributed by atoms with Gasteiger partial charge in [0.25, 0.3) is 0 Å². The molecule has 0 aliphatic carbocycles. The summed E-state index contributed by atoms with van der Waals surface area (Å²) in [7, 11) is 1.84. The highest BCUT2D eigenvalue weighted by atomic mass is 15.0. The Bertz CT molecular complexity index is 453. The number of nitrogens with zero attached hydrogens (tertiary/aromatic N) is 3. The van der Waals surface area contributed by atoms with E-state index in [0.29, 0.717) is 5.82 Å². The number of anilines is 1. The first-order chi connectivity index (χ1) is 7.29. The topological polar surface area (TPSA) is 50.7 Å². The summed E-state index contributed by atoms with van der Waals surface area (Å²) < 4.78 is 0. The lowest BCUT2D eigenvalue weighted by atomic mass is 10.2. The number of rotatable bonds is 2. The van der Waals surface area contributed by atoms with Crippen LogP contribution in [0.15, 0.2) is 30.6 Å². The van der Waals surface area contributed by atoms with Gasteiger partial charge in [-0.25, -0.2) is 9.97 Å². The summed E-state index contributed by atoms with van der Waals surface area (Å²) in [6, 6.07) is 5.72. The van der Waals surface area contributed by atoms with Crippen LogP contribution in [0.2, 0.25) is 0 Å². The molecule has 0 aliphatic rings. The summed E-state index contributed by atoms with van der Waals surface area (Å²) in [5, 5.41) is 3.01. The molecule has 4 nitrogen and oxygen atoms in total. The summed E-state index contributed by atoms with van der Waals surface area (Å²) in [6.07, 6.45) is 3.49. The predicted octanol–water partition coefficient (Wildman–Crippen LogP) is 1.89. The van der Waals surface area contributed by atoms with E-state index < -0.39 is 0 Å². The second-order valence-corrected chi connectivity index (χ2v) is 3.21. The van der Waals surface area contributed by atoms with E-state index in [1.54, 1.807) is 12.4 Å². The van der Waals surface area contributed by atoms with Crippen molar-refractivity contribution in [3.8, 4) is 11.4 Å². The van der Waals surface area contributed by atoms with Crippen LogP contribution in [0.5, 0.6) is 0 Å². The van der Waals surface area contributed by atoms with Crippen LogP contribution in [0.25, 0.3) is 11.4 Å². The van der Waals surface area contributed by atoms with Gasteiger partial charge in [-0.15, -0.1) is 0 Å². The SMILES string of the molecule is CNc1cc(C)nc(-c2cccnc2)n1. The van der Waals surface area contributed by atoms with Gasteiger partial charge in [-0.2, -0.15) is 0 Å². The van der Waals surface area contributed by atoms with E-state index in [1.807, 2.05) is 32.2 Å². The maximum Gasteiger partial charge on any atom is 0.163 e. The van der Waals surface area contributed by atoms with Crippen molar-refractivity contribution in [1.82, 2.24) is 15.0 Å². The van der Waals surface area contributed by atoms with Crippen LogP contribution in [-0.2, 0) is 0 Å². The molecule has 0 atom stereocenters. The molecule has 2 heterocycles. The maximum atomic E-state index is 4.36. The van der Waals surface area contributed by atoms with Crippen LogP contribution in [0.4, 0.5) is 5.82 Å². The molecule has 2 aromatic rings. The Balaban J connectivity index is 2.49. The molecule has 15 heavy (non-hydrogen) atoms. The van der Waals surface area contributed by atoms with Crippen LogP contribution in [0.1, 0.15) is 5.69 Å². The van der Waals surface area contributed by atoms with E-state index in [0.717, 1.165) is 17.1 Å². The first-order valence-corrected chi connectivity index (χ1v) is 4.73. The first kappa shape index (κ1) is 9.58. The number of hydrogen-bond donors (Lipinski definition) is 1. The molecule has 0 aromatic carbocycles. The zero-order valence-electron chi connectivity index (χ0n) is 8.73. The summed E-state index contributed by atoms with van der Waals surface area (Å²) in [6.45, 7) is 1.95. The average molecular weight is 200 g/mol. The maximum absolute atomic E-state index is 4.36. The van der Waals surface area contributed by atoms with Crippen molar-refractivity contribution >= 4 is 5.82 Å². The van der Waals surface area contributed by atoms with Crippen molar-refractivity contribution in [2.24, 2.45) is 0 Å². The molecule has 0 bridgehead atoms. The van der Waals surface area contributed by atoms with E-state index in [4.69, 9.17) is 0 Å². The fourth-order valence-electron chi connectivity index (χ4n) is 1.32. The fourth-order valence-corrected chi connectivity index (χ4v) is 1.32. The van der Waals surface area contributed by atoms with Gasteiger partial charge in [-0.1, -0.05) is 0 Å². The molecule has 2 rings (SSSR count). The van der Waals surface area contributed by atoms with Gasteiger partial charge in [-0.05, 0) is 19.1 Å². The van der Waals surface area contributed by atoms with E-state index in [9.17, 15) is 0 Å². The zero-order chi connectivity index (χ0) is 10.7. The number of nitrogens with one attached hydrogen (secondary N) is 1. The Morgan fingerprint density at radius 1 is 1.27 bits per heavy atom. The second-order valence-electron chi connectivity index (χ2n) is 3.21. The van der Waals surface area contributed by atoms with Crippen LogP contribution in [-0.4, -0.2) is 22.0 Å². The lowest BCUT2D eigenvalue weighted by Gasteiger charge is -2.04.